The van der Waals surface area contributed by atoms with E-state index >= 15 is 0 Å². The highest BCUT2D eigenvalue weighted by molar-refractivity contribution is 6.18. The molecule has 16 heavy (non-hydrogen) atoms. The second-order valence-electron chi connectivity index (χ2n) is 3.26. The van der Waals surface area contributed by atoms with E-state index in [4.69, 9.17) is 21.1 Å². The lowest BCUT2D eigenvalue weighted by Gasteiger charge is -2.11. The second kappa shape index (κ2) is 6.38. The van der Waals surface area contributed by atoms with E-state index in [-0.39, 0.29) is 5.78 Å². The lowest BCUT2D eigenvalue weighted by Crippen LogP contribution is -2.03. The number of rotatable bonds is 6. The van der Waals surface area contributed by atoms with E-state index in [0.29, 0.717) is 35.8 Å². The summed E-state index contributed by atoms with van der Waals surface area (Å²) in [5.41, 5.74) is 0.548. The molecule has 0 radical (unpaired) electrons. The summed E-state index contributed by atoms with van der Waals surface area (Å²) in [7, 11) is 3.07. The van der Waals surface area contributed by atoms with Crippen LogP contribution in [0.1, 0.15) is 23.2 Å². The van der Waals surface area contributed by atoms with Crippen LogP contribution >= 0.6 is 11.6 Å². The minimum absolute atomic E-state index is 0.0244. The van der Waals surface area contributed by atoms with Crippen molar-refractivity contribution in [3.63, 3.8) is 0 Å². The number of carbonyl (C=O) groups is 1. The van der Waals surface area contributed by atoms with Gasteiger partial charge in [-0.3, -0.25) is 4.79 Å². The van der Waals surface area contributed by atoms with E-state index < -0.39 is 0 Å². The number of benzene rings is 1. The molecule has 0 spiro atoms. The largest absolute Gasteiger partial charge is 0.493 e. The Morgan fingerprint density at radius 1 is 1.31 bits per heavy atom. The average Bonchev–Trinajstić information content (AvgIpc) is 2.34. The van der Waals surface area contributed by atoms with Gasteiger partial charge in [-0.2, -0.15) is 0 Å². The van der Waals surface area contributed by atoms with Gasteiger partial charge in [0.2, 0.25) is 0 Å². The first-order chi connectivity index (χ1) is 7.74. The van der Waals surface area contributed by atoms with Gasteiger partial charge in [0.15, 0.2) is 17.3 Å². The zero-order chi connectivity index (χ0) is 12.0. The Morgan fingerprint density at radius 2 is 2.06 bits per heavy atom. The summed E-state index contributed by atoms with van der Waals surface area (Å²) >= 11 is 5.56. The smallest absolute Gasteiger partial charge is 0.171 e. The molecule has 0 saturated heterocycles. The average molecular weight is 243 g/mol. The Balaban J connectivity index is 2.98. The highest BCUT2D eigenvalue weighted by atomic mass is 35.5. The first kappa shape index (κ1) is 12.8. The number of ether oxygens (including phenoxy) is 2. The van der Waals surface area contributed by atoms with Crippen molar-refractivity contribution < 1.29 is 14.3 Å². The molecule has 88 valence electrons. The Hall–Kier alpha value is -1.22. The lowest BCUT2D eigenvalue weighted by atomic mass is 10.1. The summed E-state index contributed by atoms with van der Waals surface area (Å²) in [5, 5.41) is 0. The molecule has 0 fully saturated rings. The first-order valence-corrected chi connectivity index (χ1v) is 5.58. The Bertz CT molecular complexity index is 363. The van der Waals surface area contributed by atoms with Crippen molar-refractivity contribution in [2.75, 3.05) is 20.1 Å². The van der Waals surface area contributed by atoms with Crippen LogP contribution in [-0.2, 0) is 0 Å². The number of carbonyl (C=O) groups excluding carboxylic acids is 1. The molecule has 0 heterocycles. The van der Waals surface area contributed by atoms with Crippen LogP contribution in [-0.4, -0.2) is 25.9 Å². The molecule has 0 aliphatic carbocycles. The zero-order valence-corrected chi connectivity index (χ0v) is 10.2. The molecule has 0 saturated carbocycles. The number of para-hydroxylation sites is 1. The molecule has 0 atom stereocenters. The molecule has 3 nitrogen and oxygen atoms in total. The maximum atomic E-state index is 11.9. The molecule has 0 aliphatic rings. The van der Waals surface area contributed by atoms with Crippen molar-refractivity contribution >= 4 is 17.4 Å². The number of halogens is 1. The summed E-state index contributed by atoms with van der Waals surface area (Å²) in [6, 6.07) is 5.27. The summed E-state index contributed by atoms with van der Waals surface area (Å²) in [5.74, 6) is 1.57. The molecular weight excluding hydrogens is 228 g/mol. The molecule has 4 heteroatoms. The van der Waals surface area contributed by atoms with E-state index in [2.05, 4.69) is 0 Å². The van der Waals surface area contributed by atoms with Gasteiger partial charge >= 0.3 is 0 Å². The van der Waals surface area contributed by atoms with Gasteiger partial charge in [-0.25, -0.2) is 0 Å². The molecule has 0 bridgehead atoms. The monoisotopic (exact) mass is 242 g/mol. The number of alkyl halides is 1. The van der Waals surface area contributed by atoms with Crippen molar-refractivity contribution in [3.8, 4) is 11.5 Å². The minimum atomic E-state index is 0.0244. The molecule has 0 amide bonds. The summed E-state index contributed by atoms with van der Waals surface area (Å²) in [6.45, 7) is 0. The third-order valence-corrected chi connectivity index (χ3v) is 2.51. The fourth-order valence-corrected chi connectivity index (χ4v) is 1.60. The molecule has 0 aromatic heterocycles. The van der Waals surface area contributed by atoms with Crippen molar-refractivity contribution in [1.82, 2.24) is 0 Å². The number of hydrogen-bond acceptors (Lipinski definition) is 3. The minimum Gasteiger partial charge on any atom is -0.493 e. The van der Waals surface area contributed by atoms with Crippen LogP contribution in [0.25, 0.3) is 0 Å². The second-order valence-corrected chi connectivity index (χ2v) is 3.63. The lowest BCUT2D eigenvalue weighted by molar-refractivity contribution is 0.0978. The third kappa shape index (κ3) is 2.89. The van der Waals surface area contributed by atoms with Gasteiger partial charge in [0, 0.05) is 12.3 Å². The molecular formula is C12H15ClO3. The standard InChI is InChI=1S/C12H15ClO3/c1-15-11-7-3-5-9(12(11)16-2)10(14)6-4-8-13/h3,5,7H,4,6,8H2,1-2H3. The predicted molar refractivity (Wildman–Crippen MR) is 63.8 cm³/mol. The van der Waals surface area contributed by atoms with Crippen molar-refractivity contribution in [2.24, 2.45) is 0 Å². The molecule has 0 N–H and O–H groups in total. The topological polar surface area (TPSA) is 35.5 Å². The van der Waals surface area contributed by atoms with E-state index in [1.165, 1.54) is 7.11 Å². The Morgan fingerprint density at radius 3 is 2.62 bits per heavy atom. The van der Waals surface area contributed by atoms with Crippen LogP contribution in [0.5, 0.6) is 11.5 Å². The predicted octanol–water partition coefficient (Wildman–Crippen LogP) is 2.91. The zero-order valence-electron chi connectivity index (χ0n) is 9.46. The fraction of sp³-hybridized carbons (Fsp3) is 0.417. The van der Waals surface area contributed by atoms with Crippen molar-refractivity contribution in [3.05, 3.63) is 23.8 Å². The molecule has 0 aliphatic heterocycles. The van der Waals surface area contributed by atoms with E-state index in [9.17, 15) is 4.79 Å². The van der Waals surface area contributed by atoms with E-state index in [1.54, 1.807) is 25.3 Å². The number of methoxy groups -OCH3 is 2. The van der Waals surface area contributed by atoms with Gasteiger partial charge in [-0.05, 0) is 18.6 Å². The molecule has 1 aromatic carbocycles. The Labute approximate surface area is 100 Å². The normalized spacial score (nSPS) is 9.94. The summed E-state index contributed by atoms with van der Waals surface area (Å²) in [6.07, 6.45) is 1.09. The number of ketones is 1. The Kier molecular flexibility index (Phi) is 5.12. The van der Waals surface area contributed by atoms with Crippen LogP contribution in [0.3, 0.4) is 0 Å². The van der Waals surface area contributed by atoms with Crippen LogP contribution in [0.15, 0.2) is 18.2 Å². The van der Waals surface area contributed by atoms with Crippen molar-refractivity contribution in [2.45, 2.75) is 12.8 Å². The van der Waals surface area contributed by atoms with Crippen molar-refractivity contribution in [1.29, 1.82) is 0 Å². The summed E-state index contributed by atoms with van der Waals surface area (Å²) < 4.78 is 10.3. The van der Waals surface area contributed by atoms with Gasteiger partial charge in [-0.15, -0.1) is 11.6 Å². The first-order valence-electron chi connectivity index (χ1n) is 5.04. The van der Waals surface area contributed by atoms with Crippen LogP contribution in [0, 0.1) is 0 Å². The van der Waals surface area contributed by atoms with Crippen LogP contribution < -0.4 is 9.47 Å². The SMILES string of the molecule is COc1cccc(C(=O)CCCCl)c1OC. The summed E-state index contributed by atoms with van der Waals surface area (Å²) in [4.78, 5) is 11.9. The molecule has 1 rings (SSSR count). The van der Waals surface area contributed by atoms with Gasteiger partial charge < -0.3 is 9.47 Å². The van der Waals surface area contributed by atoms with E-state index in [1.807, 2.05) is 0 Å². The maximum absolute atomic E-state index is 11.9. The van der Waals surface area contributed by atoms with Gasteiger partial charge in [-0.1, -0.05) is 6.07 Å². The van der Waals surface area contributed by atoms with E-state index in [0.717, 1.165) is 0 Å². The van der Waals surface area contributed by atoms with Crippen LogP contribution in [0.2, 0.25) is 0 Å². The number of hydrogen-bond donors (Lipinski definition) is 0. The quantitative estimate of drug-likeness (QED) is 0.568. The number of Topliss-reactive ketones (excluding diaryl/α,β-unsaturated/α-hetero) is 1. The van der Waals surface area contributed by atoms with Crippen LogP contribution in [0.4, 0.5) is 0 Å². The maximum Gasteiger partial charge on any atom is 0.171 e. The molecule has 1 aromatic rings. The van der Waals surface area contributed by atoms with Gasteiger partial charge in [0.05, 0.1) is 19.8 Å². The third-order valence-electron chi connectivity index (χ3n) is 2.24. The fourth-order valence-electron chi connectivity index (χ4n) is 1.47. The highest BCUT2D eigenvalue weighted by Gasteiger charge is 2.15. The highest BCUT2D eigenvalue weighted by Crippen LogP contribution is 2.31. The van der Waals surface area contributed by atoms with Gasteiger partial charge in [0.25, 0.3) is 0 Å². The van der Waals surface area contributed by atoms with Gasteiger partial charge in [0.1, 0.15) is 0 Å². The molecule has 0 unspecified atom stereocenters.